The fourth-order valence-corrected chi connectivity index (χ4v) is 5.63. The normalized spacial score (nSPS) is 12.5. The molecule has 0 saturated carbocycles. The van der Waals surface area contributed by atoms with Crippen LogP contribution in [0.1, 0.15) is 11.1 Å². The number of hydrogen-bond donors (Lipinski definition) is 0. The van der Waals surface area contributed by atoms with Gasteiger partial charge in [-0.25, -0.2) is 8.96 Å². The number of para-hydroxylation sites is 1. The molecule has 0 bridgehead atoms. The van der Waals surface area contributed by atoms with E-state index in [0.29, 0.717) is 5.39 Å². The molecule has 0 spiro atoms. The minimum atomic E-state index is -0.177. The van der Waals surface area contributed by atoms with Crippen LogP contribution in [0.4, 0.5) is 4.39 Å². The van der Waals surface area contributed by atoms with Gasteiger partial charge in [-0.1, -0.05) is 30.3 Å². The number of aryl methyl sites for hydroxylation is 3. The lowest BCUT2D eigenvalue weighted by Crippen LogP contribution is -2.29. The summed E-state index contributed by atoms with van der Waals surface area (Å²) in [5, 5.41) is 7.68. The third-order valence-corrected chi connectivity index (χ3v) is 7.16. The average Bonchev–Trinajstić information content (AvgIpc) is 3.10. The Balaban J connectivity index is 2.00. The van der Waals surface area contributed by atoms with Crippen molar-refractivity contribution in [2.75, 3.05) is 0 Å². The quantitative estimate of drug-likeness (QED) is 0.151. The van der Waals surface area contributed by atoms with Gasteiger partial charge in [0, 0.05) is 27.6 Å². The topological polar surface area (TPSA) is 8.29 Å². The van der Waals surface area contributed by atoms with Gasteiger partial charge in [0.1, 0.15) is 12.9 Å². The van der Waals surface area contributed by atoms with Gasteiger partial charge in [0.25, 0.3) is 0 Å². The van der Waals surface area contributed by atoms with E-state index in [1.807, 2.05) is 18.2 Å². The highest BCUT2D eigenvalue weighted by molar-refractivity contribution is 6.29. The maximum absolute atomic E-state index is 15.0. The predicted octanol–water partition coefficient (Wildman–Crippen LogP) is 6.72. The van der Waals surface area contributed by atoms with Crippen molar-refractivity contribution in [3.63, 3.8) is 0 Å². The zero-order valence-corrected chi connectivity index (χ0v) is 17.6. The van der Waals surface area contributed by atoms with Gasteiger partial charge in [-0.3, -0.25) is 0 Å². The van der Waals surface area contributed by atoms with Gasteiger partial charge in [-0.15, -0.1) is 0 Å². The largest absolute Gasteiger partial charge is 0.307 e. The highest BCUT2D eigenvalue weighted by Gasteiger charge is 2.25. The molecular weight excluding hydrogens is 383 g/mol. The van der Waals surface area contributed by atoms with Crippen LogP contribution in [0.5, 0.6) is 0 Å². The molecule has 0 aliphatic heterocycles. The average molecular weight is 403 g/mol. The molecule has 0 atom stereocenters. The van der Waals surface area contributed by atoms with Gasteiger partial charge in [0.05, 0.1) is 27.3 Å². The van der Waals surface area contributed by atoms with Crippen molar-refractivity contribution in [1.82, 2.24) is 4.40 Å². The summed E-state index contributed by atoms with van der Waals surface area (Å²) in [6.07, 6.45) is 2.11. The molecule has 4 aromatic carbocycles. The number of aromatic nitrogens is 2. The SMILES string of the molecule is Cc1cc2c3ccccc3n3c4cc5c(F)cccc5c5cc[n+](C)c(c(c1C)c23)c54. The molecule has 148 valence electrons. The smallest absolute Gasteiger partial charge is 0.224 e. The fraction of sp³-hybridized carbons (Fsp3) is 0.107. The first-order valence-corrected chi connectivity index (χ1v) is 10.6. The third-order valence-electron chi connectivity index (χ3n) is 7.16. The molecule has 31 heavy (non-hydrogen) atoms. The van der Waals surface area contributed by atoms with Crippen molar-refractivity contribution in [2.45, 2.75) is 13.8 Å². The van der Waals surface area contributed by atoms with Gasteiger partial charge < -0.3 is 4.40 Å². The summed E-state index contributed by atoms with van der Waals surface area (Å²) in [7, 11) is 2.11. The van der Waals surface area contributed by atoms with E-state index in [1.54, 1.807) is 6.07 Å². The van der Waals surface area contributed by atoms with Crippen molar-refractivity contribution >= 4 is 59.8 Å². The molecule has 0 aliphatic rings. The van der Waals surface area contributed by atoms with E-state index >= 15 is 0 Å². The number of halogens is 1. The van der Waals surface area contributed by atoms with E-state index < -0.39 is 0 Å². The van der Waals surface area contributed by atoms with Crippen LogP contribution in [0.15, 0.2) is 66.9 Å². The van der Waals surface area contributed by atoms with Crippen LogP contribution in [0.25, 0.3) is 59.8 Å². The summed E-state index contributed by atoms with van der Waals surface area (Å²) >= 11 is 0. The second kappa shape index (κ2) is 5.50. The number of pyridine rings is 2. The maximum Gasteiger partial charge on any atom is 0.224 e. The molecule has 3 aromatic heterocycles. The zero-order chi connectivity index (χ0) is 21.0. The van der Waals surface area contributed by atoms with Gasteiger partial charge in [-0.2, -0.15) is 0 Å². The number of nitrogens with zero attached hydrogens (tertiary/aromatic N) is 2. The van der Waals surface area contributed by atoms with Crippen LogP contribution in [-0.4, -0.2) is 4.40 Å². The summed E-state index contributed by atoms with van der Waals surface area (Å²) in [4.78, 5) is 0. The minimum absolute atomic E-state index is 0.177. The first kappa shape index (κ1) is 17.0. The summed E-state index contributed by atoms with van der Waals surface area (Å²) < 4.78 is 19.5. The standard InChI is InChI=1S/C28H20FN2/c1-15-13-21-18-7-4-5-10-23(18)31-24-14-20-17(8-6-9-22(20)29)19-11-12-30(3)28(26(19)24)25(16(15)2)27(21)31/h4-14H,1-3H3/q+1. The maximum atomic E-state index is 15.0. The Hall–Kier alpha value is -3.72. The van der Waals surface area contributed by atoms with E-state index in [-0.39, 0.29) is 5.82 Å². The number of benzene rings is 4. The molecule has 3 heterocycles. The number of hydrogen-bond acceptors (Lipinski definition) is 0. The Morgan fingerprint density at radius 1 is 0.742 bits per heavy atom. The first-order valence-electron chi connectivity index (χ1n) is 10.6. The van der Waals surface area contributed by atoms with E-state index in [9.17, 15) is 4.39 Å². The van der Waals surface area contributed by atoms with E-state index in [2.05, 4.69) is 72.5 Å². The van der Waals surface area contributed by atoms with E-state index in [1.165, 1.54) is 43.7 Å². The fourth-order valence-electron chi connectivity index (χ4n) is 5.63. The number of fused-ring (bicyclic) bond motifs is 7. The van der Waals surface area contributed by atoms with Crippen molar-refractivity contribution in [3.8, 4) is 0 Å². The summed E-state index contributed by atoms with van der Waals surface area (Å²) in [6, 6.07) is 20.4. The van der Waals surface area contributed by atoms with Gasteiger partial charge >= 0.3 is 0 Å². The summed E-state index contributed by atoms with van der Waals surface area (Å²) in [5.41, 5.74) is 7.23. The Kier molecular flexibility index (Phi) is 3.02. The molecular formula is C28H20FN2+. The molecule has 0 radical (unpaired) electrons. The Morgan fingerprint density at radius 2 is 1.55 bits per heavy atom. The highest BCUT2D eigenvalue weighted by Crippen LogP contribution is 2.43. The Morgan fingerprint density at radius 3 is 2.42 bits per heavy atom. The summed E-state index contributed by atoms with van der Waals surface area (Å²) in [5.74, 6) is -0.177. The molecule has 0 unspecified atom stereocenters. The molecule has 7 aromatic rings. The molecule has 3 heteroatoms. The molecule has 0 aliphatic carbocycles. The molecule has 0 N–H and O–H groups in total. The van der Waals surface area contributed by atoms with Crippen molar-refractivity contribution < 1.29 is 8.96 Å². The highest BCUT2D eigenvalue weighted by atomic mass is 19.1. The lowest BCUT2D eigenvalue weighted by molar-refractivity contribution is -0.643. The van der Waals surface area contributed by atoms with Crippen LogP contribution in [0, 0.1) is 19.7 Å². The number of rotatable bonds is 0. The minimum Gasteiger partial charge on any atom is -0.307 e. The van der Waals surface area contributed by atoms with Crippen molar-refractivity contribution in [1.29, 1.82) is 0 Å². The molecule has 2 nitrogen and oxygen atoms in total. The lowest BCUT2D eigenvalue weighted by Gasteiger charge is -2.15. The monoisotopic (exact) mass is 403 g/mol. The van der Waals surface area contributed by atoms with Crippen LogP contribution in [0.3, 0.4) is 0 Å². The molecule has 7 rings (SSSR count). The molecule has 0 fully saturated rings. The van der Waals surface area contributed by atoms with Crippen molar-refractivity contribution in [3.05, 3.63) is 83.8 Å². The second-order valence-electron chi connectivity index (χ2n) is 8.74. The van der Waals surface area contributed by atoms with Gasteiger partial charge in [0.2, 0.25) is 5.52 Å². The van der Waals surface area contributed by atoms with Crippen LogP contribution in [-0.2, 0) is 7.05 Å². The third kappa shape index (κ3) is 1.90. The predicted molar refractivity (Wildman–Crippen MR) is 127 cm³/mol. The van der Waals surface area contributed by atoms with E-state index in [4.69, 9.17) is 0 Å². The Labute approximate surface area is 178 Å². The van der Waals surface area contributed by atoms with Crippen LogP contribution in [0.2, 0.25) is 0 Å². The first-order chi connectivity index (χ1) is 15.1. The van der Waals surface area contributed by atoms with E-state index in [0.717, 1.165) is 21.8 Å². The van der Waals surface area contributed by atoms with Crippen LogP contribution < -0.4 is 4.57 Å². The summed E-state index contributed by atoms with van der Waals surface area (Å²) in [6.45, 7) is 4.42. The van der Waals surface area contributed by atoms with Gasteiger partial charge in [0.15, 0.2) is 6.20 Å². The van der Waals surface area contributed by atoms with Crippen LogP contribution >= 0.6 is 0 Å². The van der Waals surface area contributed by atoms with Crippen molar-refractivity contribution in [2.24, 2.45) is 7.05 Å². The van der Waals surface area contributed by atoms with Gasteiger partial charge in [-0.05, 0) is 54.6 Å². The molecule has 0 saturated heterocycles. The second-order valence-corrected chi connectivity index (χ2v) is 8.74. The zero-order valence-electron chi connectivity index (χ0n) is 17.6. The molecule has 0 amide bonds. The Bertz CT molecular complexity index is 1870. The lowest BCUT2D eigenvalue weighted by atomic mass is 9.94.